The molecule has 0 aliphatic carbocycles. The summed E-state index contributed by atoms with van der Waals surface area (Å²) in [4.78, 5) is 0.252. The Labute approximate surface area is 125 Å². The highest BCUT2D eigenvalue weighted by Crippen LogP contribution is 2.23. The topological polar surface area (TPSA) is 78.6 Å². The second-order valence-corrected chi connectivity index (χ2v) is 7.11. The zero-order valence-corrected chi connectivity index (χ0v) is 13.2. The number of benzene rings is 1. The summed E-state index contributed by atoms with van der Waals surface area (Å²) in [5.74, 6) is 1.42. The summed E-state index contributed by atoms with van der Waals surface area (Å²) in [6.45, 7) is 1.94. The molecule has 1 aromatic carbocycles. The zero-order chi connectivity index (χ0) is 15.2. The quantitative estimate of drug-likeness (QED) is 0.579. The molecule has 0 aliphatic rings. The van der Waals surface area contributed by atoms with Crippen molar-refractivity contribution < 1.29 is 17.9 Å². The van der Waals surface area contributed by atoms with Crippen LogP contribution < -0.4 is 15.2 Å². The molecule has 0 unspecified atom stereocenters. The lowest BCUT2D eigenvalue weighted by Gasteiger charge is -2.10. The number of sulfone groups is 1. The van der Waals surface area contributed by atoms with Gasteiger partial charge in [-0.05, 0) is 18.6 Å². The Balaban J connectivity index is 2.64. The summed E-state index contributed by atoms with van der Waals surface area (Å²) in [6, 6.07) is 5.13. The van der Waals surface area contributed by atoms with Crippen LogP contribution in [-0.4, -0.2) is 38.6 Å². The van der Waals surface area contributed by atoms with Crippen molar-refractivity contribution in [3.63, 3.8) is 0 Å². The second-order valence-electron chi connectivity index (χ2n) is 4.20. The van der Waals surface area contributed by atoms with Gasteiger partial charge in [0.15, 0.2) is 0 Å². The van der Waals surface area contributed by atoms with Crippen molar-refractivity contribution in [3.05, 3.63) is 23.8 Å². The maximum absolute atomic E-state index is 11.3. The average Bonchev–Trinajstić information content (AvgIpc) is 2.43. The molecule has 0 saturated carbocycles. The third-order valence-electron chi connectivity index (χ3n) is 2.71. The number of nitrogens with two attached hydrogens (primary N) is 1. The van der Waals surface area contributed by atoms with Gasteiger partial charge in [0.1, 0.15) is 26.3 Å². The Morgan fingerprint density at radius 2 is 1.95 bits per heavy atom. The van der Waals surface area contributed by atoms with Crippen molar-refractivity contribution in [2.45, 2.75) is 13.3 Å². The van der Waals surface area contributed by atoms with Gasteiger partial charge in [0, 0.05) is 17.4 Å². The van der Waals surface area contributed by atoms with Crippen LogP contribution in [0.15, 0.2) is 18.2 Å². The number of hydrogen-bond donors (Lipinski definition) is 1. The lowest BCUT2D eigenvalue weighted by molar-refractivity contribution is 0.315. The van der Waals surface area contributed by atoms with Crippen molar-refractivity contribution in [3.8, 4) is 11.5 Å². The molecule has 0 saturated heterocycles. The molecule has 0 fully saturated rings. The first-order chi connectivity index (χ1) is 9.38. The Morgan fingerprint density at radius 1 is 1.30 bits per heavy atom. The Morgan fingerprint density at radius 3 is 2.50 bits per heavy atom. The lowest BCUT2D eigenvalue weighted by Crippen LogP contribution is -2.12. The summed E-state index contributed by atoms with van der Waals surface area (Å²) in [5.41, 5.74) is 6.23. The molecule has 1 aromatic rings. The molecule has 0 aliphatic heterocycles. The highest BCUT2D eigenvalue weighted by molar-refractivity contribution is 7.91. The van der Waals surface area contributed by atoms with Crippen molar-refractivity contribution in [2.75, 3.05) is 25.2 Å². The fourth-order valence-electron chi connectivity index (χ4n) is 1.53. The van der Waals surface area contributed by atoms with Crippen LogP contribution in [0.1, 0.15) is 18.9 Å². The van der Waals surface area contributed by atoms with Gasteiger partial charge in [-0.15, -0.1) is 0 Å². The molecule has 1 rings (SSSR count). The van der Waals surface area contributed by atoms with Gasteiger partial charge in [-0.1, -0.05) is 19.1 Å². The monoisotopic (exact) mass is 317 g/mol. The van der Waals surface area contributed by atoms with E-state index in [1.54, 1.807) is 25.1 Å². The molecule has 0 bridgehead atoms. The summed E-state index contributed by atoms with van der Waals surface area (Å²) in [6.07, 6.45) is 0.440. The minimum Gasteiger partial charge on any atom is -0.497 e. The van der Waals surface area contributed by atoms with Gasteiger partial charge in [-0.25, -0.2) is 8.42 Å². The van der Waals surface area contributed by atoms with Crippen molar-refractivity contribution in [2.24, 2.45) is 5.73 Å². The Kier molecular flexibility index (Phi) is 6.22. The van der Waals surface area contributed by atoms with Crippen LogP contribution in [0.3, 0.4) is 0 Å². The summed E-state index contributed by atoms with van der Waals surface area (Å²) in [5, 5.41) is 0. The molecular formula is C13H19NO4S2. The van der Waals surface area contributed by atoms with Gasteiger partial charge in [0.2, 0.25) is 0 Å². The highest BCUT2D eigenvalue weighted by Gasteiger charge is 2.08. The average molecular weight is 317 g/mol. The molecule has 20 heavy (non-hydrogen) atoms. The van der Waals surface area contributed by atoms with Gasteiger partial charge in [-0.3, -0.25) is 0 Å². The van der Waals surface area contributed by atoms with Crippen LogP contribution in [-0.2, 0) is 9.84 Å². The fraction of sp³-hybridized carbons (Fsp3) is 0.462. The molecule has 0 spiro atoms. The molecule has 5 nitrogen and oxygen atoms in total. The van der Waals surface area contributed by atoms with Crippen LogP contribution in [0.25, 0.3) is 0 Å². The number of methoxy groups -OCH3 is 1. The largest absolute Gasteiger partial charge is 0.497 e. The van der Waals surface area contributed by atoms with E-state index in [0.29, 0.717) is 30.1 Å². The van der Waals surface area contributed by atoms with Crippen molar-refractivity contribution in [1.29, 1.82) is 0 Å². The van der Waals surface area contributed by atoms with Gasteiger partial charge in [0.05, 0.1) is 19.5 Å². The smallest absolute Gasteiger partial charge is 0.150 e. The highest BCUT2D eigenvalue weighted by atomic mass is 32.2. The summed E-state index contributed by atoms with van der Waals surface area (Å²) in [7, 11) is -1.42. The SMILES string of the molecule is CCS(=O)(=O)CCCOc1cc(OC)cc(C(N)=S)c1. The molecule has 0 aromatic heterocycles. The summed E-state index contributed by atoms with van der Waals surface area (Å²) < 4.78 is 33.3. The van der Waals surface area contributed by atoms with Crippen LogP contribution in [0.5, 0.6) is 11.5 Å². The number of ether oxygens (including phenoxy) is 2. The zero-order valence-electron chi connectivity index (χ0n) is 11.6. The number of hydrogen-bond acceptors (Lipinski definition) is 5. The first-order valence-corrected chi connectivity index (χ1v) is 8.43. The van der Waals surface area contributed by atoms with Gasteiger partial charge >= 0.3 is 0 Å². The molecule has 2 N–H and O–H groups in total. The van der Waals surface area contributed by atoms with E-state index >= 15 is 0 Å². The number of rotatable bonds is 8. The lowest BCUT2D eigenvalue weighted by atomic mass is 10.2. The molecule has 7 heteroatoms. The molecule has 112 valence electrons. The van der Waals surface area contributed by atoms with Crippen molar-refractivity contribution in [1.82, 2.24) is 0 Å². The summed E-state index contributed by atoms with van der Waals surface area (Å²) >= 11 is 4.92. The van der Waals surface area contributed by atoms with E-state index < -0.39 is 9.84 Å². The van der Waals surface area contributed by atoms with E-state index in [1.165, 1.54) is 7.11 Å². The molecular weight excluding hydrogens is 298 g/mol. The van der Waals surface area contributed by atoms with Gasteiger partial charge in [0.25, 0.3) is 0 Å². The van der Waals surface area contributed by atoms with E-state index in [0.717, 1.165) is 0 Å². The third kappa shape index (κ3) is 5.34. The predicted molar refractivity (Wildman–Crippen MR) is 83.3 cm³/mol. The van der Waals surface area contributed by atoms with E-state index in [4.69, 9.17) is 27.4 Å². The van der Waals surface area contributed by atoms with Gasteiger partial charge < -0.3 is 15.2 Å². The van der Waals surface area contributed by atoms with E-state index in [-0.39, 0.29) is 16.5 Å². The molecule has 0 atom stereocenters. The van der Waals surface area contributed by atoms with Crippen LogP contribution in [0.2, 0.25) is 0 Å². The standard InChI is InChI=1S/C13H19NO4S2/c1-3-20(15,16)6-4-5-18-12-8-10(13(14)19)7-11(9-12)17-2/h7-9H,3-6H2,1-2H3,(H2,14,19). The first-order valence-electron chi connectivity index (χ1n) is 6.20. The minimum absolute atomic E-state index is 0.121. The van der Waals surface area contributed by atoms with Crippen LogP contribution >= 0.6 is 12.2 Å². The van der Waals surface area contributed by atoms with Crippen LogP contribution in [0.4, 0.5) is 0 Å². The maximum atomic E-state index is 11.3. The normalized spacial score (nSPS) is 11.1. The van der Waals surface area contributed by atoms with Gasteiger partial charge in [-0.2, -0.15) is 0 Å². The second kappa shape index (κ2) is 7.44. The first kappa shape index (κ1) is 16.7. The predicted octanol–water partition coefficient (Wildman–Crippen LogP) is 1.53. The van der Waals surface area contributed by atoms with E-state index in [2.05, 4.69) is 0 Å². The Hall–Kier alpha value is -1.34. The minimum atomic E-state index is -2.95. The Bertz CT molecular complexity index is 570. The van der Waals surface area contributed by atoms with E-state index in [9.17, 15) is 8.42 Å². The molecule has 0 heterocycles. The maximum Gasteiger partial charge on any atom is 0.150 e. The molecule has 0 radical (unpaired) electrons. The van der Waals surface area contributed by atoms with Crippen molar-refractivity contribution >= 4 is 27.0 Å². The van der Waals surface area contributed by atoms with Crippen LogP contribution in [0, 0.1) is 0 Å². The molecule has 0 amide bonds. The van der Waals surface area contributed by atoms with E-state index in [1.807, 2.05) is 0 Å². The fourth-order valence-corrected chi connectivity index (χ4v) is 2.49. The third-order valence-corrected chi connectivity index (χ3v) is 4.73. The number of thiocarbonyl (C=S) groups is 1.